The Bertz CT molecular complexity index is 572. The average molecular weight is 263 g/mol. The molecular formula is C11H9N3O5. The largest absolute Gasteiger partial charge is 0.481 e. The summed E-state index contributed by atoms with van der Waals surface area (Å²) >= 11 is 0. The molecule has 0 saturated carbocycles. The van der Waals surface area contributed by atoms with Crippen LogP contribution in [0.25, 0.3) is 5.53 Å². The number of nitro groups is 1. The molecule has 1 rings (SSSR count). The number of ketones is 1. The summed E-state index contributed by atoms with van der Waals surface area (Å²) in [5.41, 5.74) is 8.76. The fourth-order valence-electron chi connectivity index (χ4n) is 1.36. The molecule has 0 radical (unpaired) electrons. The van der Waals surface area contributed by atoms with Gasteiger partial charge in [-0.25, -0.2) is 0 Å². The summed E-state index contributed by atoms with van der Waals surface area (Å²) in [7, 11) is 0. The first kappa shape index (κ1) is 14.2. The molecule has 0 aliphatic heterocycles. The molecule has 0 spiro atoms. The van der Waals surface area contributed by atoms with E-state index < -0.39 is 23.1 Å². The number of non-ortho nitro benzene ring substituents is 1. The van der Waals surface area contributed by atoms with E-state index in [1.807, 2.05) is 0 Å². The Morgan fingerprint density at radius 2 is 1.89 bits per heavy atom. The number of carboxylic acids is 1. The van der Waals surface area contributed by atoms with E-state index in [4.69, 9.17) is 10.6 Å². The number of hydrogen-bond donors (Lipinski definition) is 1. The van der Waals surface area contributed by atoms with Gasteiger partial charge in [-0.15, -0.1) is 0 Å². The summed E-state index contributed by atoms with van der Waals surface area (Å²) in [6.07, 6.45) is -0.868. The number of carbonyl (C=O) groups excluding carboxylic acids is 1. The van der Waals surface area contributed by atoms with Gasteiger partial charge in [-0.2, -0.15) is 4.79 Å². The minimum absolute atomic E-state index is 0.0966. The zero-order chi connectivity index (χ0) is 14.4. The minimum Gasteiger partial charge on any atom is -0.481 e. The van der Waals surface area contributed by atoms with Gasteiger partial charge in [0.1, 0.15) is 6.42 Å². The first-order chi connectivity index (χ1) is 8.93. The van der Waals surface area contributed by atoms with Crippen molar-refractivity contribution in [2.45, 2.75) is 12.8 Å². The van der Waals surface area contributed by atoms with Crippen LogP contribution in [0.15, 0.2) is 24.3 Å². The highest BCUT2D eigenvalue weighted by atomic mass is 16.6. The summed E-state index contributed by atoms with van der Waals surface area (Å²) in [6, 6.07) is 5.28. The van der Waals surface area contributed by atoms with Crippen molar-refractivity contribution in [1.82, 2.24) is 0 Å². The van der Waals surface area contributed by atoms with Gasteiger partial charge in [0, 0.05) is 12.1 Å². The van der Waals surface area contributed by atoms with Gasteiger partial charge in [-0.3, -0.25) is 19.7 Å². The van der Waals surface area contributed by atoms with Crippen molar-refractivity contribution in [2.24, 2.45) is 0 Å². The van der Waals surface area contributed by atoms with Gasteiger partial charge in [0.05, 0.1) is 11.3 Å². The lowest BCUT2D eigenvalue weighted by Crippen LogP contribution is -2.21. The van der Waals surface area contributed by atoms with Gasteiger partial charge in [0.15, 0.2) is 0 Å². The van der Waals surface area contributed by atoms with Crippen LogP contribution in [0, 0.1) is 10.1 Å². The third kappa shape index (κ3) is 4.14. The van der Waals surface area contributed by atoms with E-state index in [2.05, 4.69) is 4.79 Å². The van der Waals surface area contributed by atoms with Gasteiger partial charge in [-0.05, 0) is 5.56 Å². The number of aliphatic carboxylic acids is 1. The molecule has 1 N–H and O–H groups in total. The van der Waals surface area contributed by atoms with Gasteiger partial charge in [0.25, 0.3) is 11.5 Å². The van der Waals surface area contributed by atoms with E-state index in [1.165, 1.54) is 24.3 Å². The Morgan fingerprint density at radius 1 is 1.32 bits per heavy atom. The van der Waals surface area contributed by atoms with E-state index in [9.17, 15) is 19.7 Å². The second-order valence-electron chi connectivity index (χ2n) is 3.64. The van der Waals surface area contributed by atoms with E-state index in [1.54, 1.807) is 0 Å². The molecule has 0 aliphatic rings. The summed E-state index contributed by atoms with van der Waals surface area (Å²) in [5.74, 6) is -2.14. The lowest BCUT2D eigenvalue weighted by molar-refractivity contribution is -0.384. The van der Waals surface area contributed by atoms with Crippen LogP contribution >= 0.6 is 0 Å². The molecule has 0 aliphatic carbocycles. The zero-order valence-corrected chi connectivity index (χ0v) is 9.65. The third-order valence-electron chi connectivity index (χ3n) is 2.27. The monoisotopic (exact) mass is 263 g/mol. The topological polar surface area (TPSA) is 134 Å². The fourth-order valence-corrected chi connectivity index (χ4v) is 1.36. The molecule has 0 aromatic heterocycles. The number of carboxylic acid groups (broad SMARTS) is 1. The van der Waals surface area contributed by atoms with E-state index in [0.29, 0.717) is 5.56 Å². The highest BCUT2D eigenvalue weighted by Crippen LogP contribution is 2.12. The molecule has 0 atom stereocenters. The van der Waals surface area contributed by atoms with Crippen LogP contribution in [0.1, 0.15) is 12.0 Å². The normalized spacial score (nSPS) is 9.47. The Kier molecular flexibility index (Phi) is 4.62. The Morgan fingerprint density at radius 3 is 2.32 bits per heavy atom. The van der Waals surface area contributed by atoms with Crippen molar-refractivity contribution < 1.29 is 24.4 Å². The molecule has 0 fully saturated rings. The Hall–Kier alpha value is -2.86. The minimum atomic E-state index is -1.32. The summed E-state index contributed by atoms with van der Waals surface area (Å²) < 4.78 is 0. The highest BCUT2D eigenvalue weighted by molar-refractivity contribution is 6.40. The number of rotatable bonds is 6. The van der Waals surface area contributed by atoms with Gasteiger partial charge in [0.2, 0.25) is 0 Å². The lowest BCUT2D eigenvalue weighted by atomic mass is 10.0. The van der Waals surface area contributed by atoms with Crippen molar-refractivity contribution >= 4 is 23.2 Å². The third-order valence-corrected chi connectivity index (χ3v) is 2.27. The molecule has 8 heteroatoms. The zero-order valence-electron chi connectivity index (χ0n) is 9.65. The van der Waals surface area contributed by atoms with Crippen molar-refractivity contribution in [3.8, 4) is 0 Å². The molecule has 1 aromatic rings. The lowest BCUT2D eigenvalue weighted by Gasteiger charge is -1.97. The molecule has 8 nitrogen and oxygen atoms in total. The molecular weight excluding hydrogens is 254 g/mol. The summed E-state index contributed by atoms with van der Waals surface area (Å²) in [5, 5.41) is 18.9. The van der Waals surface area contributed by atoms with Gasteiger partial charge >= 0.3 is 11.7 Å². The van der Waals surface area contributed by atoms with Crippen LogP contribution in [-0.2, 0) is 16.0 Å². The van der Waals surface area contributed by atoms with Crippen LogP contribution < -0.4 is 0 Å². The number of hydrogen-bond acceptors (Lipinski definition) is 4. The first-order valence-corrected chi connectivity index (χ1v) is 5.13. The van der Waals surface area contributed by atoms with E-state index in [0.717, 1.165) is 0 Å². The van der Waals surface area contributed by atoms with Gasteiger partial charge in [-0.1, -0.05) is 12.1 Å². The van der Waals surface area contributed by atoms with Crippen LogP contribution in [0.2, 0.25) is 0 Å². The number of nitrogens with zero attached hydrogens (tertiary/aromatic N) is 3. The smallest absolute Gasteiger partial charge is 0.339 e. The summed E-state index contributed by atoms with van der Waals surface area (Å²) in [6.45, 7) is 0. The highest BCUT2D eigenvalue weighted by Gasteiger charge is 2.23. The average Bonchev–Trinajstić information content (AvgIpc) is 2.35. The Labute approximate surface area is 107 Å². The molecule has 0 bridgehead atoms. The second kappa shape index (κ2) is 6.18. The Balaban J connectivity index is 2.82. The van der Waals surface area contributed by atoms with Crippen LogP contribution in [-0.4, -0.2) is 32.3 Å². The number of carbonyl (C=O) groups is 2. The van der Waals surface area contributed by atoms with Crippen molar-refractivity contribution in [1.29, 1.82) is 0 Å². The van der Waals surface area contributed by atoms with E-state index >= 15 is 0 Å². The SMILES string of the molecule is [N-]=[N+]=C(Cc1ccc([N+](=O)[O-])cc1)C(=O)CC(=O)O. The standard InChI is InChI=1S/C11H9N3O5/c12-13-9(10(15)6-11(16)17)5-7-1-3-8(4-2-7)14(18)19/h1-4H,5-6H2,(H,16,17). The van der Waals surface area contributed by atoms with Crippen LogP contribution in [0.4, 0.5) is 5.69 Å². The fraction of sp³-hybridized carbons (Fsp3) is 0.182. The maximum Gasteiger partial charge on any atom is 0.339 e. The molecule has 0 amide bonds. The van der Waals surface area contributed by atoms with Crippen molar-refractivity contribution in [3.05, 3.63) is 45.5 Å². The van der Waals surface area contributed by atoms with Crippen LogP contribution in [0.5, 0.6) is 0 Å². The quantitative estimate of drug-likeness (QED) is 0.203. The number of Topliss-reactive ketones (excluding diaryl/α,β-unsaturated/α-hetero) is 1. The number of nitro benzene ring substituents is 1. The first-order valence-electron chi connectivity index (χ1n) is 5.13. The number of benzene rings is 1. The predicted octanol–water partition coefficient (Wildman–Crippen LogP) is 0.852. The summed E-state index contributed by atoms with van der Waals surface area (Å²) in [4.78, 5) is 34.4. The van der Waals surface area contributed by atoms with Gasteiger partial charge < -0.3 is 10.6 Å². The van der Waals surface area contributed by atoms with E-state index in [-0.39, 0.29) is 17.8 Å². The maximum atomic E-state index is 11.4. The molecule has 1 aromatic carbocycles. The van der Waals surface area contributed by atoms with Crippen molar-refractivity contribution in [3.63, 3.8) is 0 Å². The molecule has 98 valence electrons. The molecule has 0 unspecified atom stereocenters. The predicted molar refractivity (Wildman–Crippen MR) is 62.7 cm³/mol. The van der Waals surface area contributed by atoms with Crippen LogP contribution in [0.3, 0.4) is 0 Å². The molecule has 0 saturated heterocycles. The molecule has 0 heterocycles. The van der Waals surface area contributed by atoms with Crippen molar-refractivity contribution in [2.75, 3.05) is 0 Å². The second-order valence-corrected chi connectivity index (χ2v) is 3.64. The maximum absolute atomic E-state index is 11.4. The molecule has 19 heavy (non-hydrogen) atoms.